The standard InChI is InChI=1S/C15H13ClF2N2O5/c1-15(2,3)13(22)8(6-19)11(21)7-4-5-9(16)12(25-14(17)18)10(7)20(23)24/h4-5,14,21H,1-3H3. The van der Waals surface area contributed by atoms with Crippen LogP contribution in [0.3, 0.4) is 0 Å². The molecule has 0 atom stereocenters. The average Bonchev–Trinajstić information content (AvgIpc) is 2.47. The molecule has 1 aromatic rings. The summed E-state index contributed by atoms with van der Waals surface area (Å²) in [7, 11) is 0. The summed E-state index contributed by atoms with van der Waals surface area (Å²) in [5, 5.41) is 30.2. The Bertz CT molecular complexity index is 794. The second kappa shape index (κ2) is 7.44. The van der Waals surface area contributed by atoms with Gasteiger partial charge in [-0.3, -0.25) is 14.9 Å². The number of halogens is 3. The number of nitrogens with zero attached hydrogens (tertiary/aromatic N) is 2. The topological polar surface area (TPSA) is 113 Å². The van der Waals surface area contributed by atoms with Gasteiger partial charge in [-0.25, -0.2) is 0 Å². The minimum atomic E-state index is -3.41. The predicted molar refractivity (Wildman–Crippen MR) is 84.4 cm³/mol. The van der Waals surface area contributed by atoms with Gasteiger partial charge in [0.05, 0.1) is 15.5 Å². The number of hydrogen-bond acceptors (Lipinski definition) is 6. The van der Waals surface area contributed by atoms with Crippen molar-refractivity contribution in [1.29, 1.82) is 5.26 Å². The first kappa shape index (κ1) is 20.3. The van der Waals surface area contributed by atoms with Gasteiger partial charge in [0.25, 0.3) is 0 Å². The number of rotatable bonds is 5. The number of aliphatic hydroxyl groups excluding tert-OH is 1. The van der Waals surface area contributed by atoms with Gasteiger partial charge in [-0.05, 0) is 12.1 Å². The fourth-order valence-corrected chi connectivity index (χ4v) is 2.04. The number of nitro benzene ring substituents is 1. The number of ether oxygens (including phenoxy) is 1. The molecule has 0 aliphatic carbocycles. The lowest BCUT2D eigenvalue weighted by Gasteiger charge is -2.17. The van der Waals surface area contributed by atoms with Crippen molar-refractivity contribution in [1.82, 2.24) is 0 Å². The normalized spacial score (nSPS) is 12.4. The minimum Gasteiger partial charge on any atom is -0.506 e. The van der Waals surface area contributed by atoms with E-state index in [1.165, 1.54) is 26.8 Å². The molecule has 0 unspecified atom stereocenters. The van der Waals surface area contributed by atoms with Crippen LogP contribution in [0.15, 0.2) is 17.7 Å². The first-order valence-corrected chi connectivity index (χ1v) is 7.09. The summed E-state index contributed by atoms with van der Waals surface area (Å²) in [6.07, 6.45) is 0. The Morgan fingerprint density at radius 3 is 2.40 bits per heavy atom. The molecule has 0 aliphatic rings. The number of benzene rings is 1. The van der Waals surface area contributed by atoms with Crippen molar-refractivity contribution in [2.24, 2.45) is 5.41 Å². The zero-order chi connectivity index (χ0) is 19.5. The highest BCUT2D eigenvalue weighted by Gasteiger charge is 2.33. The highest BCUT2D eigenvalue weighted by Crippen LogP contribution is 2.41. The molecule has 0 aliphatic heterocycles. The van der Waals surface area contributed by atoms with Crippen molar-refractivity contribution in [2.75, 3.05) is 0 Å². The van der Waals surface area contributed by atoms with Gasteiger partial charge in [-0.15, -0.1) is 0 Å². The number of aliphatic hydroxyl groups is 1. The molecule has 25 heavy (non-hydrogen) atoms. The van der Waals surface area contributed by atoms with Crippen LogP contribution in [-0.2, 0) is 4.79 Å². The van der Waals surface area contributed by atoms with Crippen molar-refractivity contribution in [3.8, 4) is 11.8 Å². The van der Waals surface area contributed by atoms with E-state index < -0.39 is 56.1 Å². The molecule has 0 heterocycles. The molecule has 7 nitrogen and oxygen atoms in total. The molecular formula is C15H13ClF2N2O5. The third kappa shape index (κ3) is 4.42. The monoisotopic (exact) mass is 374 g/mol. The first-order chi connectivity index (χ1) is 11.4. The van der Waals surface area contributed by atoms with E-state index >= 15 is 0 Å². The van der Waals surface area contributed by atoms with Gasteiger partial charge in [0.15, 0.2) is 11.5 Å². The van der Waals surface area contributed by atoms with Crippen molar-refractivity contribution in [3.63, 3.8) is 0 Å². The highest BCUT2D eigenvalue weighted by molar-refractivity contribution is 6.32. The Hall–Kier alpha value is -2.73. The summed E-state index contributed by atoms with van der Waals surface area (Å²) in [4.78, 5) is 22.4. The second-order valence-corrected chi connectivity index (χ2v) is 6.23. The average molecular weight is 375 g/mol. The van der Waals surface area contributed by atoms with E-state index in [4.69, 9.17) is 16.9 Å². The van der Waals surface area contributed by atoms with Crippen LogP contribution in [0.1, 0.15) is 26.3 Å². The molecular weight excluding hydrogens is 362 g/mol. The van der Waals surface area contributed by atoms with E-state index in [0.29, 0.717) is 0 Å². The lowest BCUT2D eigenvalue weighted by atomic mass is 9.85. The molecule has 1 aromatic carbocycles. The molecule has 10 heteroatoms. The SMILES string of the molecule is CC(C)(C)C(=O)C(C#N)=C(O)c1ccc(Cl)c(OC(F)F)c1[N+](=O)[O-]. The van der Waals surface area contributed by atoms with Gasteiger partial charge in [-0.2, -0.15) is 14.0 Å². The van der Waals surface area contributed by atoms with E-state index in [1.54, 1.807) is 0 Å². The Balaban J connectivity index is 3.77. The Morgan fingerprint density at radius 1 is 1.44 bits per heavy atom. The quantitative estimate of drug-likeness (QED) is 0.271. The highest BCUT2D eigenvalue weighted by atomic mass is 35.5. The molecule has 1 rings (SSSR count). The maximum Gasteiger partial charge on any atom is 0.387 e. The molecule has 0 saturated carbocycles. The molecule has 0 bridgehead atoms. The molecule has 0 spiro atoms. The maximum atomic E-state index is 12.5. The number of carbonyl (C=O) groups excluding carboxylic acids is 1. The van der Waals surface area contributed by atoms with Crippen LogP contribution in [0.2, 0.25) is 5.02 Å². The molecule has 0 amide bonds. The fourth-order valence-electron chi connectivity index (χ4n) is 1.84. The smallest absolute Gasteiger partial charge is 0.387 e. The van der Waals surface area contributed by atoms with Crippen LogP contribution in [-0.4, -0.2) is 22.4 Å². The molecule has 134 valence electrons. The molecule has 0 saturated heterocycles. The number of alkyl halides is 2. The number of ketones is 1. The zero-order valence-corrected chi connectivity index (χ0v) is 14.1. The van der Waals surface area contributed by atoms with Crippen molar-refractivity contribution in [2.45, 2.75) is 27.4 Å². The number of nitriles is 1. The van der Waals surface area contributed by atoms with Crippen LogP contribution in [0.25, 0.3) is 5.76 Å². The van der Waals surface area contributed by atoms with Gasteiger partial charge in [0.2, 0.25) is 5.75 Å². The third-order valence-corrected chi connectivity index (χ3v) is 3.28. The van der Waals surface area contributed by atoms with E-state index in [2.05, 4.69) is 4.74 Å². The molecule has 0 radical (unpaired) electrons. The maximum absolute atomic E-state index is 12.5. The van der Waals surface area contributed by atoms with E-state index in [9.17, 15) is 28.8 Å². The largest absolute Gasteiger partial charge is 0.506 e. The van der Waals surface area contributed by atoms with E-state index in [0.717, 1.165) is 12.1 Å². The van der Waals surface area contributed by atoms with Crippen LogP contribution in [0.5, 0.6) is 5.75 Å². The Kier molecular flexibility index (Phi) is 6.05. The third-order valence-electron chi connectivity index (χ3n) is 2.98. The summed E-state index contributed by atoms with van der Waals surface area (Å²) < 4.78 is 29.1. The number of Topliss-reactive ketones (excluding diaryl/α,β-unsaturated/α-hetero) is 1. The lowest BCUT2D eigenvalue weighted by molar-refractivity contribution is -0.386. The van der Waals surface area contributed by atoms with Crippen molar-refractivity contribution in [3.05, 3.63) is 38.4 Å². The number of hydrogen-bond donors (Lipinski definition) is 1. The van der Waals surface area contributed by atoms with Crippen LogP contribution >= 0.6 is 11.6 Å². The first-order valence-electron chi connectivity index (χ1n) is 6.72. The van der Waals surface area contributed by atoms with Gasteiger partial charge in [0.1, 0.15) is 11.6 Å². The predicted octanol–water partition coefficient (Wildman–Crippen LogP) is 4.26. The summed E-state index contributed by atoms with van der Waals surface area (Å²) in [5.41, 5.74) is -3.54. The van der Waals surface area contributed by atoms with Crippen LogP contribution in [0, 0.1) is 26.9 Å². The zero-order valence-electron chi connectivity index (χ0n) is 13.3. The van der Waals surface area contributed by atoms with Gasteiger partial charge in [-0.1, -0.05) is 32.4 Å². The molecule has 0 aromatic heterocycles. The van der Waals surface area contributed by atoms with Gasteiger partial charge in [0, 0.05) is 5.41 Å². The van der Waals surface area contributed by atoms with Crippen LogP contribution in [0.4, 0.5) is 14.5 Å². The lowest BCUT2D eigenvalue weighted by Crippen LogP contribution is -2.22. The minimum absolute atomic E-state index is 0.496. The van der Waals surface area contributed by atoms with Crippen molar-refractivity contribution < 1.29 is 28.3 Å². The van der Waals surface area contributed by atoms with Gasteiger partial charge < -0.3 is 9.84 Å². The van der Waals surface area contributed by atoms with Crippen LogP contribution < -0.4 is 4.74 Å². The summed E-state index contributed by atoms with van der Waals surface area (Å²) in [6, 6.07) is 3.38. The summed E-state index contributed by atoms with van der Waals surface area (Å²) in [5.74, 6) is -2.79. The number of allylic oxidation sites excluding steroid dienone is 1. The Morgan fingerprint density at radius 2 is 2.00 bits per heavy atom. The number of carbonyl (C=O) groups is 1. The van der Waals surface area contributed by atoms with E-state index in [1.807, 2.05) is 0 Å². The summed E-state index contributed by atoms with van der Waals surface area (Å²) >= 11 is 5.65. The fraction of sp³-hybridized carbons (Fsp3) is 0.333. The van der Waals surface area contributed by atoms with Crippen molar-refractivity contribution >= 4 is 28.8 Å². The molecule has 0 fully saturated rings. The summed E-state index contributed by atoms with van der Waals surface area (Å²) in [6.45, 7) is 1.01. The van der Waals surface area contributed by atoms with E-state index in [-0.39, 0.29) is 0 Å². The van der Waals surface area contributed by atoms with Gasteiger partial charge >= 0.3 is 12.3 Å². The number of nitro groups is 1. The molecule has 1 N–H and O–H groups in total. The Labute approximate surface area is 146 Å². The second-order valence-electron chi connectivity index (χ2n) is 5.82.